The number of benzene rings is 1. The van der Waals surface area contributed by atoms with Crippen LogP contribution in [0.25, 0.3) is 0 Å². The summed E-state index contributed by atoms with van der Waals surface area (Å²) in [5.41, 5.74) is 1.02. The van der Waals surface area contributed by atoms with Gasteiger partial charge in [0.05, 0.1) is 6.10 Å². The van der Waals surface area contributed by atoms with Gasteiger partial charge in [-0.3, -0.25) is 0 Å². The van der Waals surface area contributed by atoms with Gasteiger partial charge in [-0.15, -0.1) is 11.8 Å². The van der Waals surface area contributed by atoms with Crippen LogP contribution in [-0.2, 0) is 11.3 Å². The van der Waals surface area contributed by atoms with Gasteiger partial charge >= 0.3 is 0 Å². The second-order valence-electron chi connectivity index (χ2n) is 4.99. The van der Waals surface area contributed by atoms with Crippen LogP contribution in [0.15, 0.2) is 23.1 Å². The van der Waals surface area contributed by atoms with Gasteiger partial charge in [-0.05, 0) is 50.1 Å². The molecule has 0 bridgehead atoms. The number of ether oxygens (including phenoxy) is 1. The largest absolute Gasteiger partial charge is 0.377 e. The van der Waals surface area contributed by atoms with Crippen molar-refractivity contribution in [1.29, 1.82) is 0 Å². The molecule has 2 atom stereocenters. The Balaban J connectivity index is 1.99. The van der Waals surface area contributed by atoms with Crippen LogP contribution in [0, 0.1) is 5.82 Å². The van der Waals surface area contributed by atoms with Gasteiger partial charge in [-0.25, -0.2) is 4.39 Å². The van der Waals surface area contributed by atoms with Crippen LogP contribution >= 0.6 is 11.8 Å². The van der Waals surface area contributed by atoms with Crippen LogP contribution in [0.3, 0.4) is 0 Å². The first-order chi connectivity index (χ1) is 9.19. The van der Waals surface area contributed by atoms with E-state index < -0.39 is 0 Å². The van der Waals surface area contributed by atoms with Gasteiger partial charge in [-0.2, -0.15) is 0 Å². The van der Waals surface area contributed by atoms with Crippen LogP contribution in [0.4, 0.5) is 4.39 Å². The Morgan fingerprint density at radius 3 is 2.95 bits per heavy atom. The van der Waals surface area contributed by atoms with E-state index in [1.807, 2.05) is 0 Å². The van der Waals surface area contributed by atoms with E-state index in [0.29, 0.717) is 5.25 Å². The Bertz CT molecular complexity index is 413. The highest BCUT2D eigenvalue weighted by Crippen LogP contribution is 2.33. The van der Waals surface area contributed by atoms with E-state index >= 15 is 0 Å². The minimum Gasteiger partial charge on any atom is -0.377 e. The third kappa shape index (κ3) is 4.48. The Morgan fingerprint density at radius 1 is 1.42 bits per heavy atom. The summed E-state index contributed by atoms with van der Waals surface area (Å²) < 4.78 is 19.2. The highest BCUT2D eigenvalue weighted by atomic mass is 32.2. The normalized spacial score (nSPS) is 22.9. The van der Waals surface area contributed by atoms with Crippen molar-refractivity contribution >= 4 is 11.8 Å². The highest BCUT2D eigenvalue weighted by Gasteiger charge is 2.25. The van der Waals surface area contributed by atoms with E-state index in [9.17, 15) is 4.39 Å². The molecule has 1 aliphatic heterocycles. The molecule has 0 radical (unpaired) electrons. The molecule has 1 fully saturated rings. The number of nitrogens with one attached hydrogen (secondary N) is 1. The van der Waals surface area contributed by atoms with E-state index in [4.69, 9.17) is 4.74 Å². The number of thioether (sulfide) groups is 1. The zero-order chi connectivity index (χ0) is 13.7. The summed E-state index contributed by atoms with van der Waals surface area (Å²) in [5.74, 6) is -0.148. The molecule has 1 heterocycles. The maximum Gasteiger partial charge on any atom is 0.124 e. The van der Waals surface area contributed by atoms with Crippen molar-refractivity contribution in [1.82, 2.24) is 5.32 Å². The molecule has 0 aromatic heterocycles. The number of hydrogen-bond acceptors (Lipinski definition) is 3. The quantitative estimate of drug-likeness (QED) is 0.806. The fraction of sp³-hybridized carbons (Fsp3) is 0.600. The molecule has 1 saturated heterocycles. The molecular weight excluding hydrogens is 261 g/mol. The molecule has 1 aromatic rings. The summed E-state index contributed by atoms with van der Waals surface area (Å²) in [6.45, 7) is 6.73. The lowest BCUT2D eigenvalue weighted by atomic mass is 10.2. The molecule has 2 rings (SSSR count). The fourth-order valence-electron chi connectivity index (χ4n) is 2.24. The van der Waals surface area contributed by atoms with E-state index in [-0.39, 0.29) is 11.9 Å². The molecule has 19 heavy (non-hydrogen) atoms. The minimum absolute atomic E-state index is 0.148. The zero-order valence-corrected chi connectivity index (χ0v) is 12.4. The third-order valence-electron chi connectivity index (χ3n) is 3.28. The number of hydrogen-bond donors (Lipinski definition) is 1. The zero-order valence-electron chi connectivity index (χ0n) is 11.6. The van der Waals surface area contributed by atoms with E-state index in [1.165, 1.54) is 0 Å². The first-order valence-electron chi connectivity index (χ1n) is 6.97. The van der Waals surface area contributed by atoms with Crippen molar-refractivity contribution < 1.29 is 9.13 Å². The van der Waals surface area contributed by atoms with Crippen molar-refractivity contribution in [2.75, 3.05) is 13.2 Å². The molecule has 0 amide bonds. The van der Waals surface area contributed by atoms with Crippen LogP contribution in [-0.4, -0.2) is 24.5 Å². The number of rotatable bonds is 6. The molecule has 2 unspecified atom stereocenters. The van der Waals surface area contributed by atoms with Crippen LogP contribution in [0.5, 0.6) is 0 Å². The SMILES string of the molecule is CCCNCc1cc(F)cc(SC2CCOC2C)c1. The lowest BCUT2D eigenvalue weighted by molar-refractivity contribution is 0.127. The van der Waals surface area contributed by atoms with Crippen molar-refractivity contribution in [3.63, 3.8) is 0 Å². The van der Waals surface area contributed by atoms with Crippen LogP contribution in [0.2, 0.25) is 0 Å². The Morgan fingerprint density at radius 2 is 2.26 bits per heavy atom. The lowest BCUT2D eigenvalue weighted by Crippen LogP contribution is -2.15. The topological polar surface area (TPSA) is 21.3 Å². The smallest absolute Gasteiger partial charge is 0.124 e. The first-order valence-corrected chi connectivity index (χ1v) is 7.85. The number of halogens is 1. The summed E-state index contributed by atoms with van der Waals surface area (Å²) in [6.07, 6.45) is 2.40. The molecule has 106 valence electrons. The van der Waals surface area contributed by atoms with E-state index in [1.54, 1.807) is 23.9 Å². The second-order valence-corrected chi connectivity index (χ2v) is 6.31. The molecule has 0 aliphatic carbocycles. The average Bonchev–Trinajstić information content (AvgIpc) is 2.75. The van der Waals surface area contributed by atoms with Gasteiger partial charge in [0.15, 0.2) is 0 Å². The molecule has 0 saturated carbocycles. The maximum atomic E-state index is 13.6. The predicted octanol–water partition coefficient (Wildman–Crippen LogP) is 3.59. The van der Waals surface area contributed by atoms with Gasteiger partial charge in [0.1, 0.15) is 5.82 Å². The van der Waals surface area contributed by atoms with Crippen LogP contribution < -0.4 is 5.32 Å². The molecule has 2 nitrogen and oxygen atoms in total. The van der Waals surface area contributed by atoms with E-state index in [2.05, 4.69) is 25.2 Å². The summed E-state index contributed by atoms with van der Waals surface area (Å²) in [7, 11) is 0. The highest BCUT2D eigenvalue weighted by molar-refractivity contribution is 8.00. The summed E-state index contributed by atoms with van der Waals surface area (Å²) in [4.78, 5) is 1.01. The van der Waals surface area contributed by atoms with Gasteiger partial charge in [0, 0.05) is 23.3 Å². The van der Waals surface area contributed by atoms with Crippen molar-refractivity contribution in [3.05, 3.63) is 29.6 Å². The molecule has 4 heteroatoms. The lowest BCUT2D eigenvalue weighted by Gasteiger charge is -2.14. The second kappa shape index (κ2) is 7.27. The first kappa shape index (κ1) is 14.8. The maximum absolute atomic E-state index is 13.6. The minimum atomic E-state index is -0.148. The Kier molecular flexibility index (Phi) is 5.67. The summed E-state index contributed by atoms with van der Waals surface area (Å²) >= 11 is 1.73. The Hall–Kier alpha value is -0.580. The third-order valence-corrected chi connectivity index (χ3v) is 4.71. The molecule has 1 aromatic carbocycles. The standard InChI is InChI=1S/C15H22FNOS/c1-3-5-17-10-12-7-13(16)9-14(8-12)19-15-4-6-18-11(15)2/h7-9,11,15,17H,3-6,10H2,1-2H3. The van der Waals surface area contributed by atoms with Crippen molar-refractivity contribution in [3.8, 4) is 0 Å². The summed E-state index contributed by atoms with van der Waals surface area (Å²) in [5, 5.41) is 3.75. The van der Waals surface area contributed by atoms with Crippen LogP contribution in [0.1, 0.15) is 32.3 Å². The van der Waals surface area contributed by atoms with Gasteiger partial charge in [0.25, 0.3) is 0 Å². The van der Waals surface area contributed by atoms with Crippen molar-refractivity contribution in [2.45, 2.75) is 49.5 Å². The molecule has 0 spiro atoms. The summed E-state index contributed by atoms with van der Waals surface area (Å²) in [6, 6.07) is 5.32. The van der Waals surface area contributed by atoms with Gasteiger partial charge in [-0.1, -0.05) is 6.92 Å². The van der Waals surface area contributed by atoms with Crippen molar-refractivity contribution in [2.24, 2.45) is 0 Å². The molecule has 1 N–H and O–H groups in total. The molecular formula is C15H22FNOS. The monoisotopic (exact) mass is 283 g/mol. The molecule has 1 aliphatic rings. The van der Waals surface area contributed by atoms with Gasteiger partial charge in [0.2, 0.25) is 0 Å². The fourth-order valence-corrected chi connectivity index (χ4v) is 3.48. The van der Waals surface area contributed by atoms with E-state index in [0.717, 1.165) is 43.0 Å². The average molecular weight is 283 g/mol. The van der Waals surface area contributed by atoms with Gasteiger partial charge < -0.3 is 10.1 Å². The Labute approximate surface area is 119 Å². The predicted molar refractivity (Wildman–Crippen MR) is 78.1 cm³/mol.